The van der Waals surface area contributed by atoms with Gasteiger partial charge in [0.05, 0.1) is 24.2 Å². The maximum atomic E-state index is 13.3. The zero-order chi connectivity index (χ0) is 27.7. The molecule has 0 bridgehead atoms. The van der Waals surface area contributed by atoms with Crippen molar-refractivity contribution in [1.82, 2.24) is 14.5 Å². The van der Waals surface area contributed by atoms with E-state index in [9.17, 15) is 23.1 Å². The molecule has 5 rings (SSSR count). The average molecular weight is 544 g/mol. The number of likely N-dealkylation sites (tertiary alicyclic amines) is 1. The molecule has 0 spiro atoms. The van der Waals surface area contributed by atoms with Crippen LogP contribution in [0.1, 0.15) is 36.4 Å². The first-order valence-corrected chi connectivity index (χ1v) is 12.4. The van der Waals surface area contributed by atoms with E-state index in [0.717, 1.165) is 31.0 Å². The fourth-order valence-corrected chi connectivity index (χ4v) is 4.97. The molecule has 0 N–H and O–H groups in total. The van der Waals surface area contributed by atoms with E-state index < -0.39 is 17.6 Å². The molecule has 9 nitrogen and oxygen atoms in total. The van der Waals surface area contributed by atoms with E-state index in [1.165, 1.54) is 19.3 Å². The molecule has 1 fully saturated rings. The summed E-state index contributed by atoms with van der Waals surface area (Å²) in [6.07, 6.45) is -1.19. The summed E-state index contributed by atoms with van der Waals surface area (Å²) in [4.78, 5) is 22.9. The zero-order valence-corrected chi connectivity index (χ0v) is 21.2. The molecule has 12 heteroatoms. The van der Waals surface area contributed by atoms with Crippen molar-refractivity contribution in [3.8, 4) is 17.2 Å². The van der Waals surface area contributed by atoms with Crippen molar-refractivity contribution in [2.24, 2.45) is 4.99 Å². The molecule has 3 aromatic rings. The number of amides is 1. The molecule has 1 amide bonds. The molecule has 3 heterocycles. The zero-order valence-electron chi connectivity index (χ0n) is 21.2. The Hall–Kier alpha value is -4.22. The van der Waals surface area contributed by atoms with Crippen LogP contribution in [0.15, 0.2) is 48.0 Å². The third-order valence-corrected chi connectivity index (χ3v) is 6.76. The minimum absolute atomic E-state index is 0.0223. The van der Waals surface area contributed by atoms with Crippen LogP contribution in [0.4, 0.5) is 19.1 Å². The molecule has 2 aliphatic heterocycles. The van der Waals surface area contributed by atoms with E-state index in [4.69, 9.17) is 14.2 Å². The number of nitrogens with zero attached hydrogens (tertiary/aromatic N) is 4. The van der Waals surface area contributed by atoms with Crippen LogP contribution in [0.5, 0.6) is 17.2 Å². The van der Waals surface area contributed by atoms with Crippen LogP contribution in [0.3, 0.4) is 0 Å². The van der Waals surface area contributed by atoms with E-state index >= 15 is 0 Å². The number of imidazole rings is 1. The molecule has 1 aromatic heterocycles. The van der Waals surface area contributed by atoms with Crippen LogP contribution in [-0.2, 0) is 11.0 Å². The molecule has 0 saturated carbocycles. The molecule has 1 saturated heterocycles. The minimum Gasteiger partial charge on any atom is -0.858 e. The molecular formula is C27H26F3N4O5-. The summed E-state index contributed by atoms with van der Waals surface area (Å²) in [7, 11) is 1.47. The number of carbonyl (C=O) groups is 1. The van der Waals surface area contributed by atoms with Crippen molar-refractivity contribution in [3.05, 3.63) is 54.1 Å². The molecular weight excluding hydrogens is 517 g/mol. The Kier molecular flexibility index (Phi) is 7.11. The van der Waals surface area contributed by atoms with Crippen LogP contribution in [-0.4, -0.2) is 59.7 Å². The Bertz CT molecular complexity index is 1450. The Labute approximate surface area is 222 Å². The second-order valence-electron chi connectivity index (χ2n) is 9.22. The first kappa shape index (κ1) is 26.4. The summed E-state index contributed by atoms with van der Waals surface area (Å²) in [6, 6.07) is 5.36. The van der Waals surface area contributed by atoms with E-state index in [1.807, 2.05) is 0 Å². The lowest BCUT2D eigenvalue weighted by Gasteiger charge is -2.27. The van der Waals surface area contributed by atoms with Crippen LogP contribution >= 0.6 is 0 Å². The van der Waals surface area contributed by atoms with Gasteiger partial charge in [0, 0.05) is 19.2 Å². The maximum absolute atomic E-state index is 13.3. The number of ether oxygens (including phenoxy) is 3. The molecule has 39 heavy (non-hydrogen) atoms. The van der Waals surface area contributed by atoms with Crippen molar-refractivity contribution >= 4 is 28.8 Å². The van der Waals surface area contributed by atoms with Gasteiger partial charge in [-0.3, -0.25) is 4.79 Å². The fraction of sp³-hybridized carbons (Fsp3) is 0.370. The largest absolute Gasteiger partial charge is 0.858 e. The monoisotopic (exact) mass is 543 g/mol. The topological polar surface area (TPSA) is 101 Å². The third kappa shape index (κ3) is 5.10. The molecule has 2 aliphatic rings. The van der Waals surface area contributed by atoms with Crippen molar-refractivity contribution < 1.29 is 37.3 Å². The summed E-state index contributed by atoms with van der Waals surface area (Å²) in [5.41, 5.74) is -0.304. The number of halogens is 3. The number of carbonyl (C=O) groups excluding carboxylic acids is 1. The highest BCUT2D eigenvalue weighted by Gasteiger charge is 2.32. The fourth-order valence-electron chi connectivity index (χ4n) is 4.97. The SMILES string of the molecule is C=CC(=O)N1CCCC[C@@H](n2c(/N=C(\[O-])c3cccc(C(F)(F)F)c3)nc3cc4c(c(OC)c32)OCCO4)C1. The smallest absolute Gasteiger partial charge is 0.416 e. The van der Waals surface area contributed by atoms with Crippen LogP contribution in [0.2, 0.25) is 0 Å². The van der Waals surface area contributed by atoms with Crippen molar-refractivity contribution in [3.63, 3.8) is 0 Å². The second kappa shape index (κ2) is 10.5. The number of benzene rings is 2. The van der Waals surface area contributed by atoms with Gasteiger partial charge in [0.25, 0.3) is 0 Å². The normalized spacial score (nSPS) is 18.1. The summed E-state index contributed by atoms with van der Waals surface area (Å²) in [5.74, 6) is -0.0249. The standard InChI is InChI=1S/C27H27F3N4O5/c1-3-21(35)33-10-5-4-9-18(15-33)34-22-19(14-20-23(24(22)37-2)39-12-11-38-20)31-26(34)32-25(36)16-7-6-8-17(13-16)27(28,29)30/h3,6-8,13-14,18H,1,4-5,9-12,15H2,2H3,(H,31,32,36)/p-1/t18-/m1/s1. The highest BCUT2D eigenvalue weighted by Crippen LogP contribution is 2.47. The summed E-state index contributed by atoms with van der Waals surface area (Å²) in [5, 5.41) is 13.2. The summed E-state index contributed by atoms with van der Waals surface area (Å²) < 4.78 is 58.8. The Morgan fingerprint density at radius 3 is 2.79 bits per heavy atom. The average Bonchev–Trinajstić information content (AvgIpc) is 3.10. The minimum atomic E-state index is -4.61. The lowest BCUT2D eigenvalue weighted by molar-refractivity contribution is -0.212. The number of hydrogen-bond donors (Lipinski definition) is 0. The van der Waals surface area contributed by atoms with Crippen molar-refractivity contribution in [2.75, 3.05) is 33.4 Å². The van der Waals surface area contributed by atoms with Crippen LogP contribution < -0.4 is 19.3 Å². The van der Waals surface area contributed by atoms with E-state index in [-0.39, 0.29) is 30.0 Å². The van der Waals surface area contributed by atoms with Gasteiger partial charge in [-0.1, -0.05) is 18.7 Å². The number of fused-ring (bicyclic) bond motifs is 2. The van der Waals surface area contributed by atoms with Gasteiger partial charge in [-0.05, 0) is 48.9 Å². The molecule has 0 radical (unpaired) electrons. The van der Waals surface area contributed by atoms with Crippen LogP contribution in [0.25, 0.3) is 11.0 Å². The predicted octanol–water partition coefficient (Wildman–Crippen LogP) is 4.01. The van der Waals surface area contributed by atoms with E-state index in [1.54, 1.807) is 15.5 Å². The Morgan fingerprint density at radius 1 is 1.26 bits per heavy atom. The van der Waals surface area contributed by atoms with Gasteiger partial charge in [0.2, 0.25) is 17.6 Å². The van der Waals surface area contributed by atoms with Gasteiger partial charge in [0.15, 0.2) is 11.5 Å². The molecule has 0 unspecified atom stereocenters. The summed E-state index contributed by atoms with van der Waals surface area (Å²) >= 11 is 0. The predicted molar refractivity (Wildman–Crippen MR) is 135 cm³/mol. The number of alkyl halides is 3. The van der Waals surface area contributed by atoms with Gasteiger partial charge in [-0.25, -0.2) is 9.98 Å². The van der Waals surface area contributed by atoms with E-state index in [2.05, 4.69) is 16.6 Å². The van der Waals surface area contributed by atoms with Gasteiger partial charge in [-0.15, -0.1) is 0 Å². The first-order chi connectivity index (χ1) is 18.7. The Balaban J connectivity index is 1.70. The lowest BCUT2D eigenvalue weighted by Crippen LogP contribution is -2.34. The Morgan fingerprint density at radius 2 is 2.05 bits per heavy atom. The quantitative estimate of drug-likeness (QED) is 0.274. The second-order valence-corrected chi connectivity index (χ2v) is 9.22. The first-order valence-electron chi connectivity index (χ1n) is 12.4. The van der Waals surface area contributed by atoms with Gasteiger partial charge < -0.3 is 28.8 Å². The number of aromatic nitrogens is 2. The van der Waals surface area contributed by atoms with Gasteiger partial charge in [-0.2, -0.15) is 13.2 Å². The molecule has 2 aromatic carbocycles. The summed E-state index contributed by atoms with van der Waals surface area (Å²) in [6.45, 7) is 5.04. The van der Waals surface area contributed by atoms with Crippen molar-refractivity contribution in [2.45, 2.75) is 31.5 Å². The van der Waals surface area contributed by atoms with Gasteiger partial charge >= 0.3 is 6.18 Å². The number of aliphatic imine (C=N–C) groups is 1. The lowest BCUT2D eigenvalue weighted by atomic mass is 10.1. The number of rotatable bonds is 5. The highest BCUT2D eigenvalue weighted by molar-refractivity contribution is 5.94. The number of hydrogen-bond acceptors (Lipinski definition) is 7. The van der Waals surface area contributed by atoms with Gasteiger partial charge in [0.1, 0.15) is 18.7 Å². The number of methoxy groups -OCH3 is 1. The molecule has 206 valence electrons. The highest BCUT2D eigenvalue weighted by atomic mass is 19.4. The van der Waals surface area contributed by atoms with Crippen LogP contribution in [0, 0.1) is 0 Å². The van der Waals surface area contributed by atoms with E-state index in [0.29, 0.717) is 54.5 Å². The maximum Gasteiger partial charge on any atom is 0.416 e. The molecule has 1 atom stereocenters. The molecule has 0 aliphatic carbocycles. The van der Waals surface area contributed by atoms with Crippen molar-refractivity contribution in [1.29, 1.82) is 0 Å². The third-order valence-electron chi connectivity index (χ3n) is 6.76.